The average Bonchev–Trinajstić information content (AvgIpc) is 2.41. The highest BCUT2D eigenvalue weighted by atomic mass is 79.9. The standard InChI is InChI=1S/C11H8BrF4N5/c12-5-1-2-6(13)7(3-5)18-9-4-8(11(14,15)16)19-10(20-9)21-17/h1-4H,17H2,(H2,18,19,20,21). The largest absolute Gasteiger partial charge is 0.433 e. The summed E-state index contributed by atoms with van der Waals surface area (Å²) in [5.74, 6) is 3.69. The van der Waals surface area contributed by atoms with Crippen molar-refractivity contribution < 1.29 is 17.6 Å². The highest BCUT2D eigenvalue weighted by Crippen LogP contribution is 2.31. The number of anilines is 3. The molecule has 0 aliphatic rings. The van der Waals surface area contributed by atoms with Crippen LogP contribution in [0.3, 0.4) is 0 Å². The van der Waals surface area contributed by atoms with Gasteiger partial charge in [0.1, 0.15) is 11.6 Å². The van der Waals surface area contributed by atoms with Crippen molar-refractivity contribution in [2.24, 2.45) is 5.84 Å². The number of hydrazine groups is 1. The van der Waals surface area contributed by atoms with E-state index in [0.29, 0.717) is 10.5 Å². The Labute approximate surface area is 124 Å². The fourth-order valence-electron chi connectivity index (χ4n) is 1.45. The summed E-state index contributed by atoms with van der Waals surface area (Å²) in [6, 6.07) is 4.62. The molecule has 0 bridgehead atoms. The van der Waals surface area contributed by atoms with Crippen LogP contribution in [0.4, 0.5) is 35.0 Å². The lowest BCUT2D eigenvalue weighted by Gasteiger charge is -2.12. The van der Waals surface area contributed by atoms with Crippen LogP contribution in [0.15, 0.2) is 28.7 Å². The highest BCUT2D eigenvalue weighted by molar-refractivity contribution is 9.10. The summed E-state index contributed by atoms with van der Waals surface area (Å²) in [5, 5.41) is 2.45. The number of rotatable bonds is 3. The SMILES string of the molecule is NNc1nc(Nc2cc(Br)ccc2F)cc(C(F)(F)F)n1. The van der Waals surface area contributed by atoms with E-state index in [4.69, 9.17) is 5.84 Å². The van der Waals surface area contributed by atoms with E-state index in [1.165, 1.54) is 12.1 Å². The Balaban J connectivity index is 2.42. The molecule has 0 aliphatic heterocycles. The Hall–Kier alpha value is -1.94. The predicted molar refractivity (Wildman–Crippen MR) is 72.2 cm³/mol. The van der Waals surface area contributed by atoms with Crippen LogP contribution in [-0.4, -0.2) is 9.97 Å². The van der Waals surface area contributed by atoms with E-state index in [2.05, 4.69) is 31.2 Å². The van der Waals surface area contributed by atoms with Crippen molar-refractivity contribution in [2.75, 3.05) is 10.7 Å². The number of nitrogens with zero attached hydrogens (tertiary/aromatic N) is 2. The molecule has 0 atom stereocenters. The van der Waals surface area contributed by atoms with Crippen LogP contribution >= 0.6 is 15.9 Å². The third-order valence-corrected chi connectivity index (χ3v) is 2.83. The Morgan fingerprint density at radius 2 is 1.86 bits per heavy atom. The summed E-state index contributed by atoms with van der Waals surface area (Å²) in [6.07, 6.45) is -4.68. The van der Waals surface area contributed by atoms with Crippen LogP contribution < -0.4 is 16.6 Å². The lowest BCUT2D eigenvalue weighted by molar-refractivity contribution is -0.141. The molecule has 0 radical (unpaired) electrons. The van der Waals surface area contributed by atoms with Crippen molar-refractivity contribution in [3.63, 3.8) is 0 Å². The Morgan fingerprint density at radius 3 is 2.48 bits per heavy atom. The van der Waals surface area contributed by atoms with Crippen molar-refractivity contribution in [1.29, 1.82) is 0 Å². The van der Waals surface area contributed by atoms with Gasteiger partial charge >= 0.3 is 6.18 Å². The summed E-state index contributed by atoms with van der Waals surface area (Å²) in [5.41, 5.74) is 0.679. The molecular formula is C11H8BrF4N5. The first-order valence-corrected chi connectivity index (χ1v) is 6.24. The Bertz CT molecular complexity index is 662. The molecule has 5 nitrogen and oxygen atoms in total. The van der Waals surface area contributed by atoms with Gasteiger partial charge in [-0.3, -0.25) is 5.43 Å². The maximum Gasteiger partial charge on any atom is 0.433 e. The summed E-state index contributed by atoms with van der Waals surface area (Å²) in [6.45, 7) is 0. The van der Waals surface area contributed by atoms with Gasteiger partial charge in [0.05, 0.1) is 5.69 Å². The van der Waals surface area contributed by atoms with E-state index >= 15 is 0 Å². The molecule has 0 saturated carbocycles. The third-order valence-electron chi connectivity index (χ3n) is 2.34. The predicted octanol–water partition coefficient (Wildman–Crippen LogP) is 3.43. The highest BCUT2D eigenvalue weighted by Gasteiger charge is 2.33. The molecule has 0 fully saturated rings. The zero-order chi connectivity index (χ0) is 15.6. The molecule has 2 aromatic rings. The quantitative estimate of drug-likeness (QED) is 0.441. The fraction of sp³-hybridized carbons (Fsp3) is 0.0909. The first-order chi connectivity index (χ1) is 9.79. The number of hydrogen-bond acceptors (Lipinski definition) is 5. The van der Waals surface area contributed by atoms with Gasteiger partial charge < -0.3 is 5.32 Å². The van der Waals surface area contributed by atoms with Gasteiger partial charge in [-0.15, -0.1) is 0 Å². The molecule has 4 N–H and O–H groups in total. The minimum Gasteiger partial charge on any atom is -0.338 e. The molecule has 10 heteroatoms. The summed E-state index contributed by atoms with van der Waals surface area (Å²) in [4.78, 5) is 6.88. The van der Waals surface area contributed by atoms with Crippen LogP contribution in [0.2, 0.25) is 0 Å². The zero-order valence-electron chi connectivity index (χ0n) is 10.2. The molecule has 1 heterocycles. The van der Waals surface area contributed by atoms with Gasteiger partial charge in [0.15, 0.2) is 5.69 Å². The summed E-state index contributed by atoms with van der Waals surface area (Å²) >= 11 is 3.13. The Morgan fingerprint density at radius 1 is 1.14 bits per heavy atom. The lowest BCUT2D eigenvalue weighted by Crippen LogP contribution is -2.16. The van der Waals surface area contributed by atoms with Crippen molar-refractivity contribution >= 4 is 33.4 Å². The molecule has 1 aromatic heterocycles. The monoisotopic (exact) mass is 365 g/mol. The maximum absolute atomic E-state index is 13.6. The van der Waals surface area contributed by atoms with Gasteiger partial charge in [-0.2, -0.15) is 18.2 Å². The van der Waals surface area contributed by atoms with Crippen LogP contribution in [-0.2, 0) is 6.18 Å². The second kappa shape index (κ2) is 5.82. The van der Waals surface area contributed by atoms with Gasteiger partial charge in [0.2, 0.25) is 5.95 Å². The first-order valence-electron chi connectivity index (χ1n) is 5.44. The topological polar surface area (TPSA) is 75.9 Å². The molecule has 1 aromatic carbocycles. The summed E-state index contributed by atoms with van der Waals surface area (Å²) < 4.78 is 52.2. The van der Waals surface area contributed by atoms with Crippen molar-refractivity contribution in [1.82, 2.24) is 9.97 Å². The van der Waals surface area contributed by atoms with Crippen LogP contribution in [0.1, 0.15) is 5.69 Å². The molecule has 0 aliphatic carbocycles. The third kappa shape index (κ3) is 3.79. The van der Waals surface area contributed by atoms with E-state index in [1.54, 1.807) is 0 Å². The second-order valence-electron chi connectivity index (χ2n) is 3.85. The van der Waals surface area contributed by atoms with Crippen LogP contribution in [0, 0.1) is 5.82 Å². The zero-order valence-corrected chi connectivity index (χ0v) is 11.8. The number of aromatic nitrogens is 2. The number of hydrogen-bond donors (Lipinski definition) is 3. The van der Waals surface area contributed by atoms with E-state index < -0.39 is 23.6 Å². The van der Waals surface area contributed by atoms with Gasteiger partial charge in [0.25, 0.3) is 0 Å². The first kappa shape index (κ1) is 15.4. The van der Waals surface area contributed by atoms with E-state index in [1.807, 2.05) is 5.43 Å². The van der Waals surface area contributed by atoms with Gasteiger partial charge in [-0.25, -0.2) is 15.2 Å². The smallest absolute Gasteiger partial charge is 0.338 e. The van der Waals surface area contributed by atoms with E-state index in [9.17, 15) is 17.6 Å². The molecule has 0 saturated heterocycles. The number of alkyl halides is 3. The number of nitrogens with one attached hydrogen (secondary N) is 2. The van der Waals surface area contributed by atoms with Gasteiger partial charge in [0, 0.05) is 10.5 Å². The maximum atomic E-state index is 13.6. The minimum absolute atomic E-state index is 0.0424. The average molecular weight is 366 g/mol. The molecule has 0 amide bonds. The van der Waals surface area contributed by atoms with Crippen LogP contribution in [0.5, 0.6) is 0 Å². The van der Waals surface area contributed by atoms with Crippen molar-refractivity contribution in [3.8, 4) is 0 Å². The van der Waals surface area contributed by atoms with Gasteiger partial charge in [-0.05, 0) is 18.2 Å². The molecule has 2 rings (SSSR count). The number of nitrogens with two attached hydrogens (primary N) is 1. The molecule has 21 heavy (non-hydrogen) atoms. The van der Waals surface area contributed by atoms with E-state index in [0.717, 1.165) is 6.07 Å². The summed E-state index contributed by atoms with van der Waals surface area (Å²) in [7, 11) is 0. The van der Waals surface area contributed by atoms with Crippen LogP contribution in [0.25, 0.3) is 0 Å². The molecule has 112 valence electrons. The number of benzene rings is 1. The Kier molecular flexibility index (Phi) is 4.28. The van der Waals surface area contributed by atoms with Gasteiger partial charge in [-0.1, -0.05) is 15.9 Å². The number of nitrogen functional groups attached to an aromatic ring is 1. The minimum atomic E-state index is -4.68. The molecule has 0 unspecified atom stereocenters. The normalized spacial score (nSPS) is 11.3. The molecular weight excluding hydrogens is 358 g/mol. The van der Waals surface area contributed by atoms with E-state index in [-0.39, 0.29) is 11.5 Å². The lowest BCUT2D eigenvalue weighted by atomic mass is 10.3. The van der Waals surface area contributed by atoms with Crippen molar-refractivity contribution in [2.45, 2.75) is 6.18 Å². The molecule has 0 spiro atoms. The fourth-order valence-corrected chi connectivity index (χ4v) is 1.81. The second-order valence-corrected chi connectivity index (χ2v) is 4.77. The number of halogens is 5. The van der Waals surface area contributed by atoms with Crippen molar-refractivity contribution in [3.05, 3.63) is 40.2 Å².